The molecule has 1 N–H and O–H groups in total. The lowest BCUT2D eigenvalue weighted by molar-refractivity contribution is 0.0976. The van der Waals surface area contributed by atoms with Crippen LogP contribution in [0.2, 0.25) is 0 Å². The number of carbonyl (C=O) groups is 1. The number of hydrogen-bond acceptors (Lipinski definition) is 6. The summed E-state index contributed by atoms with van der Waals surface area (Å²) in [4.78, 5) is 16.1. The van der Waals surface area contributed by atoms with Crippen molar-refractivity contribution < 1.29 is 13.2 Å². The summed E-state index contributed by atoms with van der Waals surface area (Å²) >= 11 is 0. The molecule has 0 aromatic carbocycles. The number of imidazole rings is 1. The van der Waals surface area contributed by atoms with Gasteiger partial charge in [-0.3, -0.25) is 4.79 Å². The van der Waals surface area contributed by atoms with Crippen molar-refractivity contribution in [3.05, 3.63) is 23.9 Å². The molecule has 0 unspecified atom stereocenters. The van der Waals surface area contributed by atoms with Crippen molar-refractivity contribution in [2.45, 2.75) is 24.4 Å². The van der Waals surface area contributed by atoms with Crippen LogP contribution in [0.15, 0.2) is 17.4 Å². The van der Waals surface area contributed by atoms with Crippen molar-refractivity contribution in [1.29, 1.82) is 0 Å². The van der Waals surface area contributed by atoms with Gasteiger partial charge in [0.2, 0.25) is 0 Å². The molecule has 9 nitrogen and oxygen atoms in total. The first-order valence-corrected chi connectivity index (χ1v) is 7.43. The van der Waals surface area contributed by atoms with Gasteiger partial charge in [-0.1, -0.05) is 5.21 Å². The number of carbonyl (C=O) groups excluding carboxylic acids is 1. The van der Waals surface area contributed by atoms with Crippen LogP contribution in [-0.2, 0) is 30.0 Å². The molecule has 1 aliphatic rings. The number of rotatable bonds is 3. The van der Waals surface area contributed by atoms with E-state index < -0.39 is 15.9 Å². The summed E-state index contributed by atoms with van der Waals surface area (Å²) < 4.78 is 28.9. The Hall–Kier alpha value is -2.23. The minimum atomic E-state index is -4.00. The van der Waals surface area contributed by atoms with Crippen LogP contribution in [-0.4, -0.2) is 38.9 Å². The van der Waals surface area contributed by atoms with Crippen LogP contribution in [0, 0.1) is 0 Å². The van der Waals surface area contributed by atoms with Crippen molar-refractivity contribution in [2.75, 3.05) is 0 Å². The fourth-order valence-corrected chi connectivity index (χ4v) is 3.14. The van der Waals surface area contributed by atoms with Crippen molar-refractivity contribution in [1.82, 2.24) is 29.3 Å². The normalized spacial score (nSPS) is 14.2. The van der Waals surface area contributed by atoms with E-state index in [0.29, 0.717) is 0 Å². The fraction of sp³-hybridized carbons (Fsp3) is 0.400. The van der Waals surface area contributed by atoms with Crippen molar-refractivity contribution >= 4 is 15.9 Å². The minimum Gasteiger partial charge on any atom is -0.334 e. The number of aryl methyl sites for hydroxylation is 3. The second-order valence-electron chi connectivity index (χ2n) is 4.47. The molecule has 10 heteroatoms. The maximum absolute atomic E-state index is 12.0. The molecule has 2 aromatic heterocycles. The molecule has 0 spiro atoms. The van der Waals surface area contributed by atoms with Gasteiger partial charge in [-0.15, -0.1) is 5.10 Å². The molecule has 0 saturated heterocycles. The summed E-state index contributed by atoms with van der Waals surface area (Å²) in [5.41, 5.74) is 0.0957. The largest absolute Gasteiger partial charge is 0.334 e. The average molecular weight is 296 g/mol. The first-order valence-electron chi connectivity index (χ1n) is 5.95. The number of amides is 1. The van der Waals surface area contributed by atoms with Crippen LogP contribution < -0.4 is 4.72 Å². The molecule has 3 heterocycles. The number of aromatic nitrogens is 5. The summed E-state index contributed by atoms with van der Waals surface area (Å²) in [5, 5.41) is 6.81. The predicted octanol–water partition coefficient (Wildman–Crippen LogP) is -0.923. The van der Waals surface area contributed by atoms with Gasteiger partial charge in [0.15, 0.2) is 5.03 Å². The van der Waals surface area contributed by atoms with Gasteiger partial charge in [-0.2, -0.15) is 8.42 Å². The van der Waals surface area contributed by atoms with Crippen LogP contribution in [0.1, 0.15) is 22.7 Å². The molecule has 1 amide bonds. The summed E-state index contributed by atoms with van der Waals surface area (Å²) in [6, 6.07) is 0. The Bertz CT molecular complexity index is 753. The predicted molar refractivity (Wildman–Crippen MR) is 66.2 cm³/mol. The third kappa shape index (κ3) is 2.07. The standard InChI is InChI=1S/C10H12N6O3S/c1-15-9(5-11-14-15)20(18,19)13-10(17)7-6-16-4-2-3-8(16)12-7/h5-6H,2-4H2,1H3,(H,13,17). The third-order valence-corrected chi connectivity index (χ3v) is 4.44. The van der Waals surface area contributed by atoms with Gasteiger partial charge in [0.25, 0.3) is 15.9 Å². The molecule has 0 saturated carbocycles. The van der Waals surface area contributed by atoms with Gasteiger partial charge >= 0.3 is 0 Å². The second-order valence-corrected chi connectivity index (χ2v) is 6.10. The third-order valence-electron chi connectivity index (χ3n) is 3.07. The molecule has 0 aliphatic carbocycles. The molecular formula is C10H12N6O3S. The maximum atomic E-state index is 12.0. The molecule has 20 heavy (non-hydrogen) atoms. The SMILES string of the molecule is Cn1nncc1S(=O)(=O)NC(=O)c1cn2c(n1)CCC2. The zero-order valence-corrected chi connectivity index (χ0v) is 11.5. The van der Waals surface area contributed by atoms with E-state index in [1.165, 1.54) is 7.05 Å². The monoisotopic (exact) mass is 296 g/mol. The summed E-state index contributed by atoms with van der Waals surface area (Å²) in [5.74, 6) is 0.0443. The van der Waals surface area contributed by atoms with Crippen LogP contribution >= 0.6 is 0 Å². The Balaban J connectivity index is 1.83. The zero-order valence-electron chi connectivity index (χ0n) is 10.6. The lowest BCUT2D eigenvalue weighted by Crippen LogP contribution is -2.32. The first-order chi connectivity index (χ1) is 9.47. The Morgan fingerprint density at radius 1 is 1.45 bits per heavy atom. The molecular weight excluding hydrogens is 284 g/mol. The molecule has 0 fully saturated rings. The zero-order chi connectivity index (χ0) is 14.3. The summed E-state index contributed by atoms with van der Waals surface area (Å²) in [7, 11) is -2.57. The minimum absolute atomic E-state index is 0.0957. The molecule has 1 aliphatic heterocycles. The van der Waals surface area contributed by atoms with E-state index in [2.05, 4.69) is 15.3 Å². The Morgan fingerprint density at radius 3 is 2.90 bits per heavy atom. The maximum Gasteiger partial charge on any atom is 0.285 e. The highest BCUT2D eigenvalue weighted by molar-refractivity contribution is 7.90. The first kappa shape index (κ1) is 12.8. The molecule has 2 aromatic rings. The fourth-order valence-electron chi connectivity index (χ4n) is 2.11. The van der Waals surface area contributed by atoms with Gasteiger partial charge < -0.3 is 4.57 Å². The smallest absolute Gasteiger partial charge is 0.285 e. The molecule has 3 rings (SSSR count). The Morgan fingerprint density at radius 2 is 2.25 bits per heavy atom. The van der Waals surface area contributed by atoms with E-state index in [4.69, 9.17) is 0 Å². The van der Waals surface area contributed by atoms with Crippen LogP contribution in [0.25, 0.3) is 0 Å². The number of nitrogens with zero attached hydrogens (tertiary/aromatic N) is 5. The summed E-state index contributed by atoms with van der Waals surface area (Å²) in [6.07, 6.45) is 4.42. The second kappa shape index (κ2) is 4.40. The van der Waals surface area contributed by atoms with Gasteiger partial charge in [0.05, 0.1) is 6.20 Å². The van der Waals surface area contributed by atoms with Crippen LogP contribution in [0.4, 0.5) is 0 Å². The highest BCUT2D eigenvalue weighted by atomic mass is 32.2. The van der Waals surface area contributed by atoms with Crippen molar-refractivity contribution in [2.24, 2.45) is 7.05 Å². The highest BCUT2D eigenvalue weighted by Gasteiger charge is 2.25. The molecule has 106 valence electrons. The number of fused-ring (bicyclic) bond motifs is 1. The van der Waals surface area contributed by atoms with Crippen LogP contribution in [0.3, 0.4) is 0 Å². The average Bonchev–Trinajstić information content (AvgIpc) is 3.01. The Labute approximate surface area is 114 Å². The molecule has 0 atom stereocenters. The lowest BCUT2D eigenvalue weighted by Gasteiger charge is -2.04. The summed E-state index contributed by atoms with van der Waals surface area (Å²) in [6.45, 7) is 0.800. The van der Waals surface area contributed by atoms with E-state index in [9.17, 15) is 13.2 Å². The quantitative estimate of drug-likeness (QED) is 0.783. The molecule has 0 bridgehead atoms. The van der Waals surface area contributed by atoms with Crippen molar-refractivity contribution in [3.8, 4) is 0 Å². The van der Waals surface area contributed by atoms with Gasteiger partial charge in [-0.05, 0) is 6.42 Å². The van der Waals surface area contributed by atoms with Gasteiger partial charge in [0, 0.05) is 26.2 Å². The Kier molecular flexibility index (Phi) is 2.82. The number of hydrogen-bond donors (Lipinski definition) is 1. The number of nitrogens with one attached hydrogen (secondary N) is 1. The van der Waals surface area contributed by atoms with Crippen molar-refractivity contribution in [3.63, 3.8) is 0 Å². The van der Waals surface area contributed by atoms with E-state index in [-0.39, 0.29) is 10.7 Å². The van der Waals surface area contributed by atoms with E-state index in [0.717, 1.165) is 36.1 Å². The highest BCUT2D eigenvalue weighted by Crippen LogP contribution is 2.14. The van der Waals surface area contributed by atoms with Gasteiger partial charge in [-0.25, -0.2) is 14.4 Å². The number of sulfonamides is 1. The van der Waals surface area contributed by atoms with E-state index in [1.54, 1.807) is 6.20 Å². The van der Waals surface area contributed by atoms with Crippen LogP contribution in [0.5, 0.6) is 0 Å². The van der Waals surface area contributed by atoms with Gasteiger partial charge in [0.1, 0.15) is 11.5 Å². The van der Waals surface area contributed by atoms with E-state index >= 15 is 0 Å². The van der Waals surface area contributed by atoms with E-state index in [1.807, 2.05) is 9.29 Å². The molecule has 0 radical (unpaired) electrons. The lowest BCUT2D eigenvalue weighted by atomic mass is 10.3. The topological polar surface area (TPSA) is 112 Å².